The lowest BCUT2D eigenvalue weighted by Gasteiger charge is -2.32. The quantitative estimate of drug-likeness (QED) is 0.648. The highest BCUT2D eigenvalue weighted by atomic mass is 79.9. The standard InChI is InChI=1S/C9H13BrN2S/c10-7-4-5-13-9(7)8(12-11)6-2-1-3-6/h4-6,8,12H,1-3,11H2. The van der Waals surface area contributed by atoms with Crippen molar-refractivity contribution in [1.29, 1.82) is 0 Å². The minimum Gasteiger partial charge on any atom is -0.271 e. The number of nitrogens with one attached hydrogen (secondary N) is 1. The van der Waals surface area contributed by atoms with Crippen molar-refractivity contribution in [3.8, 4) is 0 Å². The molecule has 1 aliphatic carbocycles. The van der Waals surface area contributed by atoms with Gasteiger partial charge < -0.3 is 0 Å². The summed E-state index contributed by atoms with van der Waals surface area (Å²) in [6, 6.07) is 2.44. The zero-order valence-corrected chi connectivity index (χ0v) is 9.70. The van der Waals surface area contributed by atoms with Gasteiger partial charge in [-0.15, -0.1) is 11.3 Å². The molecule has 1 fully saturated rings. The third kappa shape index (κ3) is 1.81. The lowest BCUT2D eigenvalue weighted by Crippen LogP contribution is -2.36. The molecule has 1 saturated carbocycles. The van der Waals surface area contributed by atoms with Crippen LogP contribution in [0.3, 0.4) is 0 Å². The van der Waals surface area contributed by atoms with Gasteiger partial charge in [-0.1, -0.05) is 6.42 Å². The van der Waals surface area contributed by atoms with Gasteiger partial charge in [-0.05, 0) is 46.1 Å². The Kier molecular flexibility index (Phi) is 3.03. The van der Waals surface area contributed by atoms with Crippen LogP contribution in [0.15, 0.2) is 15.9 Å². The highest BCUT2D eigenvalue weighted by Gasteiger charge is 2.29. The first-order valence-corrected chi connectivity index (χ1v) is 6.19. The van der Waals surface area contributed by atoms with Gasteiger partial charge in [0.1, 0.15) is 0 Å². The number of nitrogens with two attached hydrogens (primary N) is 1. The van der Waals surface area contributed by atoms with Crippen LogP contribution < -0.4 is 11.3 Å². The smallest absolute Gasteiger partial charge is 0.0592 e. The molecule has 3 N–H and O–H groups in total. The van der Waals surface area contributed by atoms with Gasteiger partial charge in [0.15, 0.2) is 0 Å². The molecule has 72 valence electrons. The van der Waals surface area contributed by atoms with E-state index >= 15 is 0 Å². The fourth-order valence-electron chi connectivity index (χ4n) is 1.73. The molecule has 1 aromatic rings. The van der Waals surface area contributed by atoms with Gasteiger partial charge in [-0.2, -0.15) is 0 Å². The molecule has 1 atom stereocenters. The Morgan fingerprint density at radius 2 is 2.38 bits per heavy atom. The predicted octanol–water partition coefficient (Wildman–Crippen LogP) is 2.82. The van der Waals surface area contributed by atoms with Crippen LogP contribution in [0.25, 0.3) is 0 Å². The molecule has 1 aromatic heterocycles. The van der Waals surface area contributed by atoms with Gasteiger partial charge in [-0.3, -0.25) is 11.3 Å². The maximum atomic E-state index is 5.58. The number of hydrogen-bond donors (Lipinski definition) is 2. The summed E-state index contributed by atoms with van der Waals surface area (Å²) in [6.45, 7) is 0. The first kappa shape index (κ1) is 9.65. The second kappa shape index (κ2) is 4.09. The van der Waals surface area contributed by atoms with E-state index in [0.29, 0.717) is 6.04 Å². The van der Waals surface area contributed by atoms with Gasteiger partial charge >= 0.3 is 0 Å². The monoisotopic (exact) mass is 260 g/mol. The normalized spacial score (nSPS) is 19.8. The molecule has 1 heterocycles. The van der Waals surface area contributed by atoms with Crippen molar-refractivity contribution in [2.45, 2.75) is 25.3 Å². The average Bonchev–Trinajstić information content (AvgIpc) is 2.43. The van der Waals surface area contributed by atoms with Gasteiger partial charge in [0, 0.05) is 9.35 Å². The molecule has 0 saturated heterocycles. The molecule has 0 radical (unpaired) electrons. The van der Waals surface area contributed by atoms with Crippen LogP contribution in [0, 0.1) is 5.92 Å². The zero-order chi connectivity index (χ0) is 9.26. The summed E-state index contributed by atoms with van der Waals surface area (Å²) in [5, 5.41) is 2.10. The number of hydrazine groups is 1. The molecule has 13 heavy (non-hydrogen) atoms. The van der Waals surface area contributed by atoms with E-state index in [1.807, 2.05) is 0 Å². The van der Waals surface area contributed by atoms with E-state index < -0.39 is 0 Å². The fraction of sp³-hybridized carbons (Fsp3) is 0.556. The molecule has 0 aliphatic heterocycles. The van der Waals surface area contributed by atoms with Crippen LogP contribution >= 0.6 is 27.3 Å². The summed E-state index contributed by atoms with van der Waals surface area (Å²) in [7, 11) is 0. The Bertz CT molecular complexity index is 283. The molecular formula is C9H13BrN2S. The zero-order valence-electron chi connectivity index (χ0n) is 7.29. The van der Waals surface area contributed by atoms with Crippen molar-refractivity contribution in [3.05, 3.63) is 20.8 Å². The topological polar surface area (TPSA) is 38.0 Å². The summed E-state index contributed by atoms with van der Waals surface area (Å²) < 4.78 is 1.19. The molecule has 1 aliphatic rings. The summed E-state index contributed by atoms with van der Waals surface area (Å²) in [4.78, 5) is 1.34. The number of hydrogen-bond acceptors (Lipinski definition) is 3. The van der Waals surface area contributed by atoms with E-state index in [9.17, 15) is 0 Å². The van der Waals surface area contributed by atoms with Gasteiger partial charge in [0.2, 0.25) is 0 Å². The lowest BCUT2D eigenvalue weighted by atomic mass is 9.79. The highest BCUT2D eigenvalue weighted by Crippen LogP contribution is 2.41. The van der Waals surface area contributed by atoms with Gasteiger partial charge in [0.05, 0.1) is 6.04 Å². The number of thiophene rings is 1. The SMILES string of the molecule is NNC(c1sccc1Br)C1CCC1. The molecule has 2 rings (SSSR count). The van der Waals surface area contributed by atoms with Crippen molar-refractivity contribution in [2.24, 2.45) is 11.8 Å². The van der Waals surface area contributed by atoms with Crippen LogP contribution in [0.2, 0.25) is 0 Å². The van der Waals surface area contributed by atoms with E-state index in [4.69, 9.17) is 5.84 Å². The molecule has 0 spiro atoms. The number of halogens is 1. The molecule has 0 aromatic carbocycles. The average molecular weight is 261 g/mol. The van der Waals surface area contributed by atoms with Gasteiger partial charge in [-0.25, -0.2) is 0 Å². The first-order chi connectivity index (χ1) is 6.33. The molecule has 0 amide bonds. The molecule has 0 bridgehead atoms. The Hall–Kier alpha value is 0.100. The minimum atomic E-state index is 0.350. The van der Waals surface area contributed by atoms with E-state index in [1.54, 1.807) is 11.3 Å². The maximum Gasteiger partial charge on any atom is 0.0592 e. The Morgan fingerprint density at radius 1 is 1.62 bits per heavy atom. The Morgan fingerprint density at radius 3 is 2.77 bits per heavy atom. The Balaban J connectivity index is 2.16. The van der Waals surface area contributed by atoms with Crippen molar-refractivity contribution >= 4 is 27.3 Å². The molecule has 1 unspecified atom stereocenters. The molecular weight excluding hydrogens is 248 g/mol. The maximum absolute atomic E-state index is 5.58. The predicted molar refractivity (Wildman–Crippen MR) is 59.4 cm³/mol. The molecule has 4 heteroatoms. The molecule has 2 nitrogen and oxygen atoms in total. The number of rotatable bonds is 3. The van der Waals surface area contributed by atoms with Crippen LogP contribution in [-0.2, 0) is 0 Å². The third-order valence-electron chi connectivity index (χ3n) is 2.73. The summed E-state index contributed by atoms with van der Waals surface area (Å²) >= 11 is 5.31. The van der Waals surface area contributed by atoms with E-state index in [-0.39, 0.29) is 0 Å². The van der Waals surface area contributed by atoms with Crippen molar-refractivity contribution in [2.75, 3.05) is 0 Å². The highest BCUT2D eigenvalue weighted by molar-refractivity contribution is 9.10. The van der Waals surface area contributed by atoms with E-state index in [1.165, 1.54) is 28.6 Å². The third-order valence-corrected chi connectivity index (χ3v) is 4.68. The van der Waals surface area contributed by atoms with Crippen LogP contribution in [0.4, 0.5) is 0 Å². The van der Waals surface area contributed by atoms with Gasteiger partial charge in [0.25, 0.3) is 0 Å². The lowest BCUT2D eigenvalue weighted by molar-refractivity contribution is 0.234. The summed E-state index contributed by atoms with van der Waals surface area (Å²) in [5.74, 6) is 6.32. The summed E-state index contributed by atoms with van der Waals surface area (Å²) in [6.07, 6.45) is 3.96. The van der Waals surface area contributed by atoms with Crippen LogP contribution in [0.5, 0.6) is 0 Å². The fourth-order valence-corrected chi connectivity index (χ4v) is 3.50. The van der Waals surface area contributed by atoms with Crippen LogP contribution in [-0.4, -0.2) is 0 Å². The van der Waals surface area contributed by atoms with Crippen molar-refractivity contribution < 1.29 is 0 Å². The van der Waals surface area contributed by atoms with Crippen LogP contribution in [0.1, 0.15) is 30.2 Å². The minimum absolute atomic E-state index is 0.350. The van der Waals surface area contributed by atoms with E-state index in [2.05, 4.69) is 32.8 Å². The largest absolute Gasteiger partial charge is 0.271 e. The van der Waals surface area contributed by atoms with Crippen molar-refractivity contribution in [3.63, 3.8) is 0 Å². The Labute approximate surface area is 90.6 Å². The second-order valence-electron chi connectivity index (χ2n) is 3.47. The van der Waals surface area contributed by atoms with E-state index in [0.717, 1.165) is 5.92 Å². The first-order valence-electron chi connectivity index (χ1n) is 4.52. The second-order valence-corrected chi connectivity index (χ2v) is 5.27. The summed E-state index contributed by atoms with van der Waals surface area (Å²) in [5.41, 5.74) is 2.93. The van der Waals surface area contributed by atoms with Crippen molar-refractivity contribution in [1.82, 2.24) is 5.43 Å².